The molecule has 0 unspecified atom stereocenters. The van der Waals surface area contributed by atoms with Gasteiger partial charge in [0.1, 0.15) is 5.82 Å². The van der Waals surface area contributed by atoms with E-state index in [9.17, 15) is 0 Å². The Hall–Kier alpha value is -1.03. The molecule has 0 saturated carbocycles. The Bertz CT molecular complexity index is 193. The van der Waals surface area contributed by atoms with E-state index >= 15 is 0 Å². The Balaban J connectivity index is 2.49. The zero-order chi connectivity index (χ0) is 7.40. The molecule has 0 radical (unpaired) electrons. The van der Waals surface area contributed by atoms with E-state index in [1.54, 1.807) is 6.20 Å². The average molecular weight is 140 g/mol. The van der Waals surface area contributed by atoms with Crippen LogP contribution in [0.25, 0.3) is 0 Å². The van der Waals surface area contributed by atoms with Gasteiger partial charge in [-0.25, -0.2) is 0 Å². The Labute approximate surface area is 59.6 Å². The Morgan fingerprint density at radius 3 is 2.90 bits per heavy atom. The van der Waals surface area contributed by atoms with Crippen LogP contribution in [0.2, 0.25) is 0 Å². The van der Waals surface area contributed by atoms with Crippen molar-refractivity contribution in [2.24, 2.45) is 5.73 Å². The van der Waals surface area contributed by atoms with Gasteiger partial charge < -0.3 is 11.5 Å². The first-order chi connectivity index (χ1) is 4.84. The summed E-state index contributed by atoms with van der Waals surface area (Å²) in [6.45, 7) is 0.699. The molecular weight excluding hydrogens is 128 g/mol. The normalized spacial score (nSPS) is 10.1. The summed E-state index contributed by atoms with van der Waals surface area (Å²) in [6.07, 6.45) is 3.62. The molecule has 1 heterocycles. The molecular formula is C6H12N4. The molecule has 1 aromatic heterocycles. The number of hydrogen-bond acceptors (Lipinski definition) is 3. The first-order valence-electron chi connectivity index (χ1n) is 3.32. The number of nitrogens with zero attached hydrogens (tertiary/aromatic N) is 1. The lowest BCUT2D eigenvalue weighted by Crippen LogP contribution is -2.01. The van der Waals surface area contributed by atoms with Crippen molar-refractivity contribution in [3.63, 3.8) is 0 Å². The van der Waals surface area contributed by atoms with Gasteiger partial charge in [0.2, 0.25) is 0 Å². The zero-order valence-electron chi connectivity index (χ0n) is 5.80. The fourth-order valence-electron chi connectivity index (χ4n) is 0.813. The molecule has 56 valence electrons. The smallest absolute Gasteiger partial charge is 0.121 e. The maximum Gasteiger partial charge on any atom is 0.121 e. The van der Waals surface area contributed by atoms with Crippen molar-refractivity contribution < 1.29 is 0 Å². The number of aromatic amines is 1. The maximum absolute atomic E-state index is 5.52. The lowest BCUT2D eigenvalue weighted by molar-refractivity contribution is 0.834. The van der Waals surface area contributed by atoms with Crippen LogP contribution >= 0.6 is 0 Å². The molecule has 0 saturated heterocycles. The molecule has 1 aromatic rings. The van der Waals surface area contributed by atoms with E-state index in [2.05, 4.69) is 10.2 Å². The van der Waals surface area contributed by atoms with Gasteiger partial charge in [0.05, 0.1) is 6.20 Å². The van der Waals surface area contributed by atoms with Crippen molar-refractivity contribution in [1.29, 1.82) is 0 Å². The number of anilines is 1. The minimum atomic E-state index is 0.661. The van der Waals surface area contributed by atoms with Crippen LogP contribution in [0.1, 0.15) is 12.0 Å². The summed E-state index contributed by atoms with van der Waals surface area (Å²) in [6, 6.07) is 0. The van der Waals surface area contributed by atoms with E-state index < -0.39 is 0 Å². The minimum absolute atomic E-state index is 0.661. The first-order valence-corrected chi connectivity index (χ1v) is 3.32. The average Bonchev–Trinajstić information content (AvgIpc) is 2.31. The molecule has 0 aliphatic rings. The van der Waals surface area contributed by atoms with Crippen molar-refractivity contribution >= 4 is 5.82 Å². The number of H-pyrrole nitrogens is 1. The highest BCUT2D eigenvalue weighted by Crippen LogP contribution is 2.07. The predicted molar refractivity (Wildman–Crippen MR) is 40.4 cm³/mol. The van der Waals surface area contributed by atoms with Gasteiger partial charge in [0, 0.05) is 5.56 Å². The highest BCUT2D eigenvalue weighted by Gasteiger charge is 1.98. The van der Waals surface area contributed by atoms with Gasteiger partial charge >= 0.3 is 0 Å². The van der Waals surface area contributed by atoms with Crippen LogP contribution in [-0.2, 0) is 6.42 Å². The highest BCUT2D eigenvalue weighted by molar-refractivity contribution is 5.36. The molecule has 0 aliphatic carbocycles. The van der Waals surface area contributed by atoms with Gasteiger partial charge in [-0.2, -0.15) is 5.10 Å². The number of rotatable bonds is 3. The molecule has 0 spiro atoms. The van der Waals surface area contributed by atoms with Crippen LogP contribution in [0.4, 0.5) is 5.82 Å². The summed E-state index contributed by atoms with van der Waals surface area (Å²) in [4.78, 5) is 0. The number of nitrogen functional groups attached to an aromatic ring is 1. The van der Waals surface area contributed by atoms with Crippen molar-refractivity contribution in [3.8, 4) is 0 Å². The van der Waals surface area contributed by atoms with E-state index in [4.69, 9.17) is 11.5 Å². The second kappa shape index (κ2) is 3.22. The molecule has 1 rings (SSSR count). The standard InChI is InChI=1S/C6H12N4/c7-3-1-2-5-4-9-10-6(5)8/h4H,1-3,7H2,(H3,8,9,10). The van der Waals surface area contributed by atoms with Crippen molar-refractivity contribution in [1.82, 2.24) is 10.2 Å². The van der Waals surface area contributed by atoms with Crippen LogP contribution < -0.4 is 11.5 Å². The quantitative estimate of drug-likeness (QED) is 0.547. The number of hydrogen-bond donors (Lipinski definition) is 3. The monoisotopic (exact) mass is 140 g/mol. The minimum Gasteiger partial charge on any atom is -0.384 e. The van der Waals surface area contributed by atoms with Crippen LogP contribution in [0.5, 0.6) is 0 Å². The topological polar surface area (TPSA) is 80.7 Å². The molecule has 0 aromatic carbocycles. The fourth-order valence-corrected chi connectivity index (χ4v) is 0.813. The zero-order valence-corrected chi connectivity index (χ0v) is 5.80. The van der Waals surface area contributed by atoms with Crippen LogP contribution in [0.15, 0.2) is 6.20 Å². The molecule has 5 N–H and O–H groups in total. The summed E-state index contributed by atoms with van der Waals surface area (Å²) in [5.41, 5.74) is 11.9. The Morgan fingerprint density at radius 1 is 1.60 bits per heavy atom. The van der Waals surface area contributed by atoms with Gasteiger partial charge in [-0.1, -0.05) is 0 Å². The summed E-state index contributed by atoms with van der Waals surface area (Å²) in [7, 11) is 0. The third kappa shape index (κ3) is 1.48. The Kier molecular flexibility index (Phi) is 2.28. The van der Waals surface area contributed by atoms with Gasteiger partial charge in [-0.3, -0.25) is 5.10 Å². The largest absolute Gasteiger partial charge is 0.384 e. The van der Waals surface area contributed by atoms with Gasteiger partial charge in [0.25, 0.3) is 0 Å². The number of nitrogens with one attached hydrogen (secondary N) is 1. The molecule has 0 fully saturated rings. The summed E-state index contributed by atoms with van der Waals surface area (Å²) < 4.78 is 0. The van der Waals surface area contributed by atoms with Crippen molar-refractivity contribution in [2.75, 3.05) is 12.3 Å². The van der Waals surface area contributed by atoms with E-state index in [1.807, 2.05) is 0 Å². The van der Waals surface area contributed by atoms with Crippen LogP contribution in [0, 0.1) is 0 Å². The Morgan fingerprint density at radius 2 is 2.40 bits per heavy atom. The summed E-state index contributed by atoms with van der Waals surface area (Å²) >= 11 is 0. The fraction of sp³-hybridized carbons (Fsp3) is 0.500. The molecule has 0 atom stereocenters. The highest BCUT2D eigenvalue weighted by atomic mass is 15.1. The summed E-state index contributed by atoms with van der Waals surface area (Å²) in [5, 5.41) is 6.45. The van der Waals surface area contributed by atoms with Crippen LogP contribution in [0.3, 0.4) is 0 Å². The third-order valence-electron chi connectivity index (χ3n) is 1.40. The second-order valence-electron chi connectivity index (χ2n) is 2.20. The number of nitrogens with two attached hydrogens (primary N) is 2. The van der Waals surface area contributed by atoms with E-state index in [0.717, 1.165) is 18.4 Å². The lowest BCUT2D eigenvalue weighted by atomic mass is 10.2. The third-order valence-corrected chi connectivity index (χ3v) is 1.40. The summed E-state index contributed by atoms with van der Waals surface area (Å²) in [5.74, 6) is 0.661. The molecule has 0 amide bonds. The predicted octanol–water partition coefficient (Wildman–Crippen LogP) is -0.117. The number of aryl methyl sites for hydroxylation is 1. The van der Waals surface area contributed by atoms with Crippen molar-refractivity contribution in [2.45, 2.75) is 12.8 Å². The lowest BCUT2D eigenvalue weighted by Gasteiger charge is -1.94. The van der Waals surface area contributed by atoms with Crippen LogP contribution in [-0.4, -0.2) is 16.7 Å². The number of aromatic nitrogens is 2. The van der Waals surface area contributed by atoms with E-state index in [-0.39, 0.29) is 0 Å². The van der Waals surface area contributed by atoms with Gasteiger partial charge in [-0.15, -0.1) is 0 Å². The van der Waals surface area contributed by atoms with E-state index in [1.165, 1.54) is 0 Å². The van der Waals surface area contributed by atoms with E-state index in [0.29, 0.717) is 12.4 Å². The maximum atomic E-state index is 5.52. The van der Waals surface area contributed by atoms with Gasteiger partial charge in [-0.05, 0) is 19.4 Å². The van der Waals surface area contributed by atoms with Crippen molar-refractivity contribution in [3.05, 3.63) is 11.8 Å². The first kappa shape index (κ1) is 7.08. The van der Waals surface area contributed by atoms with Gasteiger partial charge in [0.15, 0.2) is 0 Å². The molecule has 0 bridgehead atoms. The SMILES string of the molecule is NCCCc1cn[nH]c1N. The second-order valence-corrected chi connectivity index (χ2v) is 2.20. The molecule has 10 heavy (non-hydrogen) atoms. The molecule has 4 nitrogen and oxygen atoms in total. The molecule has 0 aliphatic heterocycles. The molecule has 4 heteroatoms.